The summed E-state index contributed by atoms with van der Waals surface area (Å²) < 4.78 is 13.2. The zero-order chi connectivity index (χ0) is 14.7. The van der Waals surface area contributed by atoms with Gasteiger partial charge in [-0.15, -0.1) is 0 Å². The van der Waals surface area contributed by atoms with Crippen molar-refractivity contribution in [1.82, 2.24) is 0 Å². The van der Waals surface area contributed by atoms with Crippen LogP contribution >= 0.6 is 0 Å². The number of nitrogens with zero attached hydrogens (tertiary/aromatic N) is 1. The first-order valence-corrected chi connectivity index (χ1v) is 6.22. The molecule has 0 fully saturated rings. The molecule has 0 aliphatic rings. The fraction of sp³-hybridized carbons (Fsp3) is 0.200. The molecule has 2 aromatic carbocycles. The smallest absolute Gasteiger partial charge is 0.272 e. The first-order valence-electron chi connectivity index (χ1n) is 6.22. The normalized spacial score (nSPS) is 10.3. The highest BCUT2D eigenvalue weighted by molar-refractivity contribution is 5.49. The molecule has 2 rings (SSSR count). The van der Waals surface area contributed by atoms with Crippen LogP contribution in [0.3, 0.4) is 0 Å². The van der Waals surface area contributed by atoms with E-state index in [9.17, 15) is 14.5 Å². The molecule has 0 unspecified atom stereocenters. The van der Waals surface area contributed by atoms with Gasteiger partial charge in [0.25, 0.3) is 5.69 Å². The van der Waals surface area contributed by atoms with Gasteiger partial charge in [0.05, 0.1) is 4.92 Å². The average molecular weight is 274 g/mol. The van der Waals surface area contributed by atoms with E-state index in [4.69, 9.17) is 0 Å². The van der Waals surface area contributed by atoms with Gasteiger partial charge >= 0.3 is 0 Å². The molecule has 4 nitrogen and oxygen atoms in total. The molecule has 0 saturated heterocycles. The number of nitro benzene ring substituents is 1. The molecule has 0 spiro atoms. The number of hydrogen-bond acceptors (Lipinski definition) is 3. The molecule has 0 aromatic heterocycles. The van der Waals surface area contributed by atoms with Gasteiger partial charge in [-0.05, 0) is 43.2 Å². The Morgan fingerprint density at radius 2 is 2.00 bits per heavy atom. The molecule has 0 saturated carbocycles. The zero-order valence-electron chi connectivity index (χ0n) is 11.3. The minimum absolute atomic E-state index is 0.111. The zero-order valence-corrected chi connectivity index (χ0v) is 11.3. The Morgan fingerprint density at radius 1 is 1.25 bits per heavy atom. The van der Waals surface area contributed by atoms with E-state index in [0.29, 0.717) is 17.7 Å². The lowest BCUT2D eigenvalue weighted by Crippen LogP contribution is -2.03. The van der Waals surface area contributed by atoms with Gasteiger partial charge in [-0.25, -0.2) is 4.39 Å². The molecular weight excluding hydrogens is 259 g/mol. The number of nitrogens with one attached hydrogen (secondary N) is 1. The molecule has 0 heterocycles. The van der Waals surface area contributed by atoms with E-state index in [1.165, 1.54) is 12.1 Å². The Morgan fingerprint density at radius 3 is 2.65 bits per heavy atom. The Kier molecular flexibility index (Phi) is 3.98. The lowest BCUT2D eigenvalue weighted by Gasteiger charge is -2.10. The first kappa shape index (κ1) is 14.0. The number of aryl methyl sites for hydroxylation is 1. The maximum absolute atomic E-state index is 13.2. The SMILES string of the molecule is Cc1cc(NCc2cccc([N+](=O)[O-])c2C)ccc1F. The van der Waals surface area contributed by atoms with Crippen LogP contribution in [0.1, 0.15) is 16.7 Å². The van der Waals surface area contributed by atoms with Crippen molar-refractivity contribution in [3.05, 3.63) is 69.0 Å². The van der Waals surface area contributed by atoms with Crippen LogP contribution in [0.15, 0.2) is 36.4 Å². The van der Waals surface area contributed by atoms with Crippen molar-refractivity contribution in [2.75, 3.05) is 5.32 Å². The summed E-state index contributed by atoms with van der Waals surface area (Å²) in [7, 11) is 0. The van der Waals surface area contributed by atoms with Gasteiger partial charge in [0.1, 0.15) is 5.82 Å². The number of halogens is 1. The van der Waals surface area contributed by atoms with Crippen molar-refractivity contribution in [1.29, 1.82) is 0 Å². The Hall–Kier alpha value is -2.43. The summed E-state index contributed by atoms with van der Waals surface area (Å²) in [6.45, 7) is 3.88. The van der Waals surface area contributed by atoms with Crippen LogP contribution in [-0.4, -0.2) is 4.92 Å². The van der Waals surface area contributed by atoms with Crippen LogP contribution in [0, 0.1) is 29.8 Å². The summed E-state index contributed by atoms with van der Waals surface area (Å²) >= 11 is 0. The molecular formula is C15H15FN2O2. The molecule has 0 aliphatic carbocycles. The molecule has 104 valence electrons. The molecule has 0 radical (unpaired) electrons. The van der Waals surface area contributed by atoms with E-state index in [0.717, 1.165) is 11.3 Å². The van der Waals surface area contributed by atoms with Crippen LogP contribution in [0.5, 0.6) is 0 Å². The van der Waals surface area contributed by atoms with Crippen molar-refractivity contribution in [2.24, 2.45) is 0 Å². The minimum Gasteiger partial charge on any atom is -0.381 e. The third kappa shape index (κ3) is 2.93. The van der Waals surface area contributed by atoms with Crippen LogP contribution in [0.4, 0.5) is 15.8 Å². The van der Waals surface area contributed by atoms with Crippen molar-refractivity contribution >= 4 is 11.4 Å². The molecule has 2 aromatic rings. The van der Waals surface area contributed by atoms with E-state index in [1.54, 1.807) is 32.0 Å². The molecule has 0 bridgehead atoms. The highest BCUT2D eigenvalue weighted by Crippen LogP contribution is 2.22. The molecule has 0 amide bonds. The van der Waals surface area contributed by atoms with Crippen molar-refractivity contribution in [3.63, 3.8) is 0 Å². The van der Waals surface area contributed by atoms with E-state index in [1.807, 2.05) is 6.07 Å². The molecule has 0 aliphatic heterocycles. The largest absolute Gasteiger partial charge is 0.381 e. The van der Waals surface area contributed by atoms with Gasteiger partial charge in [0.15, 0.2) is 0 Å². The maximum atomic E-state index is 13.2. The van der Waals surface area contributed by atoms with Crippen molar-refractivity contribution in [2.45, 2.75) is 20.4 Å². The van der Waals surface area contributed by atoms with E-state index in [2.05, 4.69) is 5.32 Å². The number of hydrogen-bond donors (Lipinski definition) is 1. The minimum atomic E-state index is -0.388. The molecule has 20 heavy (non-hydrogen) atoms. The molecule has 0 atom stereocenters. The van der Waals surface area contributed by atoms with Crippen LogP contribution in [0.25, 0.3) is 0 Å². The third-order valence-corrected chi connectivity index (χ3v) is 3.25. The van der Waals surface area contributed by atoms with Crippen LogP contribution in [0.2, 0.25) is 0 Å². The summed E-state index contributed by atoms with van der Waals surface area (Å²) in [5.74, 6) is -0.248. The fourth-order valence-corrected chi connectivity index (χ4v) is 2.01. The second-order valence-corrected chi connectivity index (χ2v) is 4.64. The van der Waals surface area contributed by atoms with Gasteiger partial charge in [-0.3, -0.25) is 10.1 Å². The Bertz CT molecular complexity index is 656. The molecule has 1 N–H and O–H groups in total. The standard InChI is InChI=1S/C15H15FN2O2/c1-10-8-13(6-7-14(10)16)17-9-12-4-3-5-15(11(12)2)18(19)20/h3-8,17H,9H2,1-2H3. The summed E-state index contributed by atoms with van der Waals surface area (Å²) in [6, 6.07) is 9.75. The summed E-state index contributed by atoms with van der Waals surface area (Å²) in [6.07, 6.45) is 0. The second-order valence-electron chi connectivity index (χ2n) is 4.64. The summed E-state index contributed by atoms with van der Waals surface area (Å²) in [5.41, 5.74) is 2.95. The Balaban J connectivity index is 2.17. The highest BCUT2D eigenvalue weighted by atomic mass is 19.1. The number of nitro groups is 1. The Labute approximate surface area is 116 Å². The fourth-order valence-electron chi connectivity index (χ4n) is 2.01. The lowest BCUT2D eigenvalue weighted by atomic mass is 10.1. The molecule has 5 heteroatoms. The number of benzene rings is 2. The number of anilines is 1. The van der Waals surface area contributed by atoms with Gasteiger partial charge in [0.2, 0.25) is 0 Å². The monoisotopic (exact) mass is 274 g/mol. The van der Waals surface area contributed by atoms with Crippen molar-refractivity contribution < 1.29 is 9.31 Å². The van der Waals surface area contributed by atoms with Gasteiger partial charge in [-0.2, -0.15) is 0 Å². The van der Waals surface area contributed by atoms with Crippen LogP contribution in [-0.2, 0) is 6.54 Å². The topological polar surface area (TPSA) is 55.2 Å². The quantitative estimate of drug-likeness (QED) is 0.678. The maximum Gasteiger partial charge on any atom is 0.272 e. The average Bonchev–Trinajstić information content (AvgIpc) is 2.41. The summed E-state index contributed by atoms with van der Waals surface area (Å²) in [5, 5.41) is 14.0. The van der Waals surface area contributed by atoms with Crippen LogP contribution < -0.4 is 5.32 Å². The summed E-state index contributed by atoms with van der Waals surface area (Å²) in [4.78, 5) is 10.5. The van der Waals surface area contributed by atoms with Crippen molar-refractivity contribution in [3.8, 4) is 0 Å². The highest BCUT2D eigenvalue weighted by Gasteiger charge is 2.12. The second kappa shape index (κ2) is 5.69. The van der Waals surface area contributed by atoms with E-state index >= 15 is 0 Å². The van der Waals surface area contributed by atoms with E-state index in [-0.39, 0.29) is 16.4 Å². The van der Waals surface area contributed by atoms with Gasteiger partial charge in [0, 0.05) is 23.9 Å². The first-order chi connectivity index (χ1) is 9.49. The lowest BCUT2D eigenvalue weighted by molar-refractivity contribution is -0.385. The third-order valence-electron chi connectivity index (χ3n) is 3.25. The predicted octanol–water partition coefficient (Wildman–Crippen LogP) is 3.96. The predicted molar refractivity (Wildman–Crippen MR) is 76.3 cm³/mol. The van der Waals surface area contributed by atoms with Gasteiger partial charge in [-0.1, -0.05) is 12.1 Å². The van der Waals surface area contributed by atoms with Gasteiger partial charge < -0.3 is 5.32 Å². The number of rotatable bonds is 4. The van der Waals surface area contributed by atoms with E-state index < -0.39 is 0 Å².